The van der Waals surface area contributed by atoms with E-state index in [-0.39, 0.29) is 12.8 Å². The summed E-state index contributed by atoms with van der Waals surface area (Å²) in [7, 11) is 0. The Hall–Kier alpha value is -6.40. The van der Waals surface area contributed by atoms with Gasteiger partial charge in [0.15, 0.2) is 0 Å². The Morgan fingerprint density at radius 2 is 0.868 bits per heavy atom. The van der Waals surface area contributed by atoms with Crippen LogP contribution < -0.4 is 0 Å². The zero-order valence-electron chi connectivity index (χ0n) is 28.8. The molecule has 2 heterocycles. The van der Waals surface area contributed by atoms with Crippen molar-refractivity contribution in [3.8, 4) is 22.5 Å². The number of carboxylic acids is 2. The van der Waals surface area contributed by atoms with E-state index in [9.17, 15) is 19.8 Å². The third-order valence-corrected chi connectivity index (χ3v) is 12.0. The third-order valence-electron chi connectivity index (χ3n) is 12.0. The molecule has 2 unspecified atom stereocenters. The van der Waals surface area contributed by atoms with E-state index in [1.54, 1.807) is 0 Å². The number of benzene rings is 6. The molecule has 6 aromatic carbocycles. The van der Waals surface area contributed by atoms with Crippen LogP contribution in [0.1, 0.15) is 54.4 Å². The SMILES string of the molecule is O=C(O)CCC1(CC2(CCC(=O)O)c3cc4ccccc4nc3-c3c2ccc2ccccc32)c2cc3ccccc3nc2-c2c1ccc1ccccc21. The molecule has 0 amide bonds. The average Bonchev–Trinajstić information content (AvgIpc) is 3.60. The molecule has 6 heteroatoms. The molecule has 0 saturated heterocycles. The lowest BCUT2D eigenvalue weighted by Crippen LogP contribution is -2.38. The summed E-state index contributed by atoms with van der Waals surface area (Å²) in [5.74, 6) is -1.75. The average molecular weight is 691 g/mol. The number of fused-ring (bicyclic) bond motifs is 12. The number of para-hydroxylation sites is 2. The van der Waals surface area contributed by atoms with Crippen molar-refractivity contribution < 1.29 is 19.8 Å². The van der Waals surface area contributed by atoms with Crippen LogP contribution in [-0.2, 0) is 20.4 Å². The molecule has 0 aliphatic heterocycles. The highest BCUT2D eigenvalue weighted by Gasteiger charge is 2.54. The molecule has 2 aromatic heterocycles. The lowest BCUT2D eigenvalue weighted by molar-refractivity contribution is -0.138. The molecule has 10 rings (SSSR count). The highest BCUT2D eigenvalue weighted by Crippen LogP contribution is 2.63. The standard InChI is InChI=1S/C47H34N2O4/c50-40(51)21-23-46(34-19-17-28-9-1-5-13-32(28)42(34)44-36(46)25-30-11-3-7-15-38(30)48-44)27-47(24-22-41(52)53)35-20-18-29-10-2-6-14-33(29)43(35)45-37(47)26-31-12-4-8-16-39(31)49-45/h1-20,25-26H,21-24,27H2,(H,50,51)(H,52,53). The first-order chi connectivity index (χ1) is 25.9. The molecule has 0 fully saturated rings. The zero-order valence-corrected chi connectivity index (χ0v) is 28.8. The number of aromatic nitrogens is 2. The van der Waals surface area contributed by atoms with Crippen LogP contribution >= 0.6 is 0 Å². The van der Waals surface area contributed by atoms with Gasteiger partial charge < -0.3 is 10.2 Å². The predicted molar refractivity (Wildman–Crippen MR) is 209 cm³/mol. The minimum absolute atomic E-state index is 0.0685. The Balaban J connectivity index is 1.34. The summed E-state index contributed by atoms with van der Waals surface area (Å²) in [6, 6.07) is 45.9. The second-order valence-corrected chi connectivity index (χ2v) is 14.7. The Morgan fingerprint density at radius 3 is 1.30 bits per heavy atom. The maximum absolute atomic E-state index is 12.7. The summed E-state index contributed by atoms with van der Waals surface area (Å²) in [6.07, 6.45) is 0.933. The first-order valence-corrected chi connectivity index (χ1v) is 18.2. The van der Waals surface area contributed by atoms with Crippen molar-refractivity contribution in [1.82, 2.24) is 9.97 Å². The van der Waals surface area contributed by atoms with Crippen molar-refractivity contribution in [2.45, 2.75) is 42.9 Å². The largest absolute Gasteiger partial charge is 0.481 e. The lowest BCUT2D eigenvalue weighted by Gasteiger charge is -2.42. The van der Waals surface area contributed by atoms with Gasteiger partial charge in [-0.2, -0.15) is 0 Å². The van der Waals surface area contributed by atoms with E-state index in [2.05, 4.69) is 72.8 Å². The summed E-state index contributed by atoms with van der Waals surface area (Å²) >= 11 is 0. The van der Waals surface area contributed by atoms with Crippen LogP contribution in [0.2, 0.25) is 0 Å². The Morgan fingerprint density at radius 1 is 0.472 bits per heavy atom. The molecule has 0 bridgehead atoms. The number of rotatable bonds is 8. The van der Waals surface area contributed by atoms with Crippen LogP contribution in [0.15, 0.2) is 133 Å². The Kier molecular flexibility index (Phi) is 6.83. The van der Waals surface area contributed by atoms with Gasteiger partial charge in [0.1, 0.15) is 0 Å². The molecule has 0 saturated carbocycles. The van der Waals surface area contributed by atoms with E-state index < -0.39 is 22.8 Å². The summed E-state index contributed by atoms with van der Waals surface area (Å²) in [4.78, 5) is 36.0. The van der Waals surface area contributed by atoms with Crippen LogP contribution in [0.4, 0.5) is 0 Å². The number of hydrogen-bond acceptors (Lipinski definition) is 4. The molecular formula is C47H34N2O4. The molecule has 0 spiro atoms. The molecular weight excluding hydrogens is 657 g/mol. The smallest absolute Gasteiger partial charge is 0.303 e. The Bertz CT molecular complexity index is 2670. The van der Waals surface area contributed by atoms with E-state index in [4.69, 9.17) is 9.97 Å². The monoisotopic (exact) mass is 690 g/mol. The van der Waals surface area contributed by atoms with Gasteiger partial charge in [-0.25, -0.2) is 9.97 Å². The summed E-state index contributed by atoms with van der Waals surface area (Å²) in [5.41, 5.74) is 7.91. The van der Waals surface area contributed by atoms with Gasteiger partial charge in [-0.15, -0.1) is 0 Å². The minimum Gasteiger partial charge on any atom is -0.481 e. The fourth-order valence-corrected chi connectivity index (χ4v) is 9.74. The van der Waals surface area contributed by atoms with Crippen LogP contribution in [-0.4, -0.2) is 32.1 Å². The third kappa shape index (κ3) is 4.58. The molecule has 0 radical (unpaired) electrons. The highest BCUT2D eigenvalue weighted by atomic mass is 16.4. The molecule has 2 N–H and O–H groups in total. The first-order valence-electron chi connectivity index (χ1n) is 18.2. The van der Waals surface area contributed by atoms with Gasteiger partial charge in [0.2, 0.25) is 0 Å². The van der Waals surface area contributed by atoms with E-state index in [0.717, 1.165) is 88.1 Å². The van der Waals surface area contributed by atoms with Crippen molar-refractivity contribution in [3.05, 3.63) is 156 Å². The number of hydrogen-bond donors (Lipinski definition) is 2. The topological polar surface area (TPSA) is 100 Å². The lowest BCUT2D eigenvalue weighted by atomic mass is 9.59. The molecule has 2 atom stereocenters. The molecule has 256 valence electrons. The first kappa shape index (κ1) is 31.3. The van der Waals surface area contributed by atoms with E-state index in [0.29, 0.717) is 19.3 Å². The summed E-state index contributed by atoms with van der Waals surface area (Å²) < 4.78 is 0. The van der Waals surface area contributed by atoms with Crippen molar-refractivity contribution >= 4 is 55.3 Å². The number of carboxylic acid groups (broad SMARTS) is 2. The quantitative estimate of drug-likeness (QED) is 0.165. The van der Waals surface area contributed by atoms with E-state index in [1.165, 1.54) is 0 Å². The highest BCUT2D eigenvalue weighted by molar-refractivity contribution is 6.05. The van der Waals surface area contributed by atoms with Crippen molar-refractivity contribution in [2.24, 2.45) is 0 Å². The summed E-state index contributed by atoms with van der Waals surface area (Å²) in [6.45, 7) is 0. The van der Waals surface area contributed by atoms with Crippen LogP contribution in [0.25, 0.3) is 65.9 Å². The van der Waals surface area contributed by atoms with Crippen LogP contribution in [0, 0.1) is 0 Å². The van der Waals surface area contributed by atoms with Gasteiger partial charge in [-0.3, -0.25) is 9.59 Å². The normalized spacial score (nSPS) is 18.3. The van der Waals surface area contributed by atoms with Crippen molar-refractivity contribution in [1.29, 1.82) is 0 Å². The van der Waals surface area contributed by atoms with Gasteiger partial charge in [0.25, 0.3) is 0 Å². The number of nitrogens with zero attached hydrogens (tertiary/aromatic N) is 2. The Labute approximate surface area is 305 Å². The molecule has 53 heavy (non-hydrogen) atoms. The van der Waals surface area contributed by atoms with Crippen molar-refractivity contribution in [2.75, 3.05) is 0 Å². The fraction of sp³-hybridized carbons (Fsp3) is 0.149. The molecule has 2 aliphatic carbocycles. The second-order valence-electron chi connectivity index (χ2n) is 14.7. The number of pyridine rings is 2. The molecule has 8 aromatic rings. The number of carbonyl (C=O) groups is 2. The van der Waals surface area contributed by atoms with Gasteiger partial charge in [-0.1, -0.05) is 109 Å². The fourth-order valence-electron chi connectivity index (χ4n) is 9.74. The maximum atomic E-state index is 12.7. The predicted octanol–water partition coefficient (Wildman–Crippen LogP) is 10.4. The van der Waals surface area contributed by atoms with Gasteiger partial charge in [0.05, 0.1) is 22.4 Å². The molecule has 2 aliphatic rings. The van der Waals surface area contributed by atoms with Crippen molar-refractivity contribution in [3.63, 3.8) is 0 Å². The number of aliphatic carboxylic acids is 2. The van der Waals surface area contributed by atoms with Gasteiger partial charge >= 0.3 is 11.9 Å². The van der Waals surface area contributed by atoms with E-state index >= 15 is 0 Å². The molecule has 6 nitrogen and oxygen atoms in total. The van der Waals surface area contributed by atoms with Gasteiger partial charge in [0, 0.05) is 45.6 Å². The second kappa shape index (κ2) is 11.6. The van der Waals surface area contributed by atoms with Crippen LogP contribution in [0.5, 0.6) is 0 Å². The van der Waals surface area contributed by atoms with Crippen LogP contribution in [0.3, 0.4) is 0 Å². The summed E-state index contributed by atoms with van der Waals surface area (Å²) in [5, 5.41) is 27.0. The minimum atomic E-state index is -0.876. The van der Waals surface area contributed by atoms with E-state index in [1.807, 2.05) is 60.7 Å². The van der Waals surface area contributed by atoms with Gasteiger partial charge in [-0.05, 0) is 87.3 Å². The maximum Gasteiger partial charge on any atom is 0.303 e. The zero-order chi connectivity index (χ0) is 35.9.